The molecule has 1 unspecified atom stereocenters. The summed E-state index contributed by atoms with van der Waals surface area (Å²) in [5.74, 6) is -0.971. The molecule has 4 aromatic rings. The van der Waals surface area contributed by atoms with Gasteiger partial charge in [0.05, 0.1) is 38.0 Å². The van der Waals surface area contributed by atoms with E-state index in [2.05, 4.69) is 29.9 Å². The first-order valence-electron chi connectivity index (χ1n) is 13.0. The van der Waals surface area contributed by atoms with E-state index in [0.717, 1.165) is 12.8 Å². The number of ether oxygens (including phenoxy) is 2. The van der Waals surface area contributed by atoms with Gasteiger partial charge < -0.3 is 54.7 Å². The van der Waals surface area contributed by atoms with Gasteiger partial charge in [-0.3, -0.25) is 0 Å². The molecule has 0 saturated carbocycles. The Morgan fingerprint density at radius 2 is 1.38 bits per heavy atom. The zero-order valence-electron chi connectivity index (χ0n) is 22.8. The number of nitrogen functional groups attached to an aromatic ring is 3. The maximum atomic E-state index is 12.1. The van der Waals surface area contributed by atoms with Crippen LogP contribution in [0.3, 0.4) is 0 Å². The number of halogens is 1. The van der Waals surface area contributed by atoms with E-state index in [1.54, 1.807) is 24.2 Å². The smallest absolute Gasteiger partial charge is 0.224 e. The summed E-state index contributed by atoms with van der Waals surface area (Å²) in [5.41, 5.74) is 18.9. The molecule has 17 nitrogen and oxygen atoms in total. The monoisotopic (exact) mass is 642 g/mol. The highest BCUT2D eigenvalue weighted by molar-refractivity contribution is 7.62. The van der Waals surface area contributed by atoms with Gasteiger partial charge in [-0.1, -0.05) is 11.6 Å². The predicted molar refractivity (Wildman–Crippen MR) is 154 cm³/mol. The topological polar surface area (TPSA) is 261 Å². The normalized spacial score (nSPS) is 24.1. The van der Waals surface area contributed by atoms with Crippen molar-refractivity contribution in [2.75, 3.05) is 30.5 Å². The van der Waals surface area contributed by atoms with Crippen molar-refractivity contribution in [2.45, 2.75) is 62.7 Å². The summed E-state index contributed by atoms with van der Waals surface area (Å²) in [7, 11) is -6.69. The van der Waals surface area contributed by atoms with Crippen molar-refractivity contribution in [1.29, 1.82) is 0 Å². The fourth-order valence-corrected chi connectivity index (χ4v) is 7.21. The van der Waals surface area contributed by atoms with E-state index in [-0.39, 0.29) is 47.3 Å². The largest absolute Gasteiger partial charge is 0.777 e. The van der Waals surface area contributed by atoms with E-state index in [1.807, 2.05) is 4.57 Å². The molecule has 2 saturated heterocycles. The van der Waals surface area contributed by atoms with E-state index in [0.29, 0.717) is 41.8 Å². The van der Waals surface area contributed by atoms with Crippen LogP contribution in [0.2, 0.25) is 5.15 Å². The summed E-state index contributed by atoms with van der Waals surface area (Å²) in [4.78, 5) is 44.3. The van der Waals surface area contributed by atoms with Crippen LogP contribution in [0.4, 0.5) is 17.7 Å². The molecule has 0 aromatic carbocycles. The van der Waals surface area contributed by atoms with Crippen LogP contribution < -0.4 is 22.1 Å². The maximum absolute atomic E-state index is 12.1. The Morgan fingerprint density at radius 1 is 0.881 bits per heavy atom. The van der Waals surface area contributed by atoms with Gasteiger partial charge in [0.25, 0.3) is 0 Å². The average molecular weight is 643 g/mol. The summed E-state index contributed by atoms with van der Waals surface area (Å²) in [6.45, 7) is 4.45. The Bertz CT molecular complexity index is 1580. The molecule has 0 aliphatic carbocycles. The Balaban J connectivity index is 0.000000168. The van der Waals surface area contributed by atoms with Gasteiger partial charge in [0, 0.05) is 0 Å². The minimum atomic E-state index is -4.47. The highest BCUT2D eigenvalue weighted by Gasteiger charge is 2.34. The zero-order chi connectivity index (χ0) is 30.4. The van der Waals surface area contributed by atoms with Gasteiger partial charge in [-0.05, 0) is 39.0 Å². The summed E-state index contributed by atoms with van der Waals surface area (Å²) in [5, 5.41) is 0.244. The van der Waals surface area contributed by atoms with E-state index in [9.17, 15) is 14.0 Å². The van der Waals surface area contributed by atoms with Crippen LogP contribution in [-0.4, -0.2) is 81.2 Å². The van der Waals surface area contributed by atoms with E-state index < -0.39 is 20.6 Å². The molecule has 2 aliphatic heterocycles. The van der Waals surface area contributed by atoms with Gasteiger partial charge in [-0.25, -0.2) is 9.97 Å². The Hall–Kier alpha value is -2.91. The number of hydrogen-bond donors (Lipinski definition) is 4. The molecule has 0 amide bonds. The highest BCUT2D eigenvalue weighted by Crippen LogP contribution is 2.49. The molecule has 0 radical (unpaired) electrons. The molecule has 42 heavy (non-hydrogen) atoms. The first-order chi connectivity index (χ1) is 19.7. The minimum absolute atomic E-state index is 0.00408. The maximum Gasteiger partial charge on any atom is 0.224 e. The molecule has 0 spiro atoms. The van der Waals surface area contributed by atoms with Gasteiger partial charge in [0.2, 0.25) is 11.9 Å². The molecule has 20 heteroatoms. The third kappa shape index (κ3) is 6.67. The van der Waals surface area contributed by atoms with Crippen LogP contribution in [0.1, 0.15) is 25.7 Å². The van der Waals surface area contributed by atoms with Crippen molar-refractivity contribution in [2.24, 2.45) is 0 Å². The molecular weight excluding hydrogens is 612 g/mol. The van der Waals surface area contributed by atoms with E-state index in [1.165, 1.54) is 6.33 Å². The molecule has 6 rings (SSSR count). The van der Waals surface area contributed by atoms with Crippen molar-refractivity contribution >= 4 is 66.4 Å². The highest BCUT2D eigenvalue weighted by atomic mass is 35.5. The molecule has 6 heterocycles. The standard InChI is InChI=1S/C12H17ClN5O2P.C10H15N6O4P/c1-21(2,19)8-4-3-7(20-8)5-18-6-15-9-10(13)16-12(14)17-11(9)18;11-8-7-9(15-10(12)14-8)16(4-13-7)3-5-1-2-6(20-5)21(17,18)19/h6-8H,3-5H2,1-2H3,(H2,14,16,17);4-6H,1-3H2,(H2,17,18,19)(H4,11,12,14,15)/p-1/t7-,8+;5-,6+/m11/s1. The number of nitrogens with two attached hydrogens (primary N) is 3. The number of rotatable bonds is 6. The fraction of sp³-hybridized carbons (Fsp3) is 0.545. The predicted octanol–water partition coefficient (Wildman–Crippen LogP) is 1.23. The quantitative estimate of drug-likeness (QED) is 0.170. The molecule has 4 aromatic heterocycles. The second kappa shape index (κ2) is 11.6. The van der Waals surface area contributed by atoms with E-state index >= 15 is 0 Å². The Labute approximate surface area is 244 Å². The van der Waals surface area contributed by atoms with Crippen molar-refractivity contribution in [3.63, 3.8) is 0 Å². The SMILES string of the molecule is CP(C)(=O)[C@H]1CC[C@H](Cn2cnc3c(Cl)nc(N)nc32)O1.Nc1nc(N)c2ncn(C[C@H]3CC[C@H](P(=O)([O-])O)O3)c2n1. The van der Waals surface area contributed by atoms with Crippen molar-refractivity contribution < 1.29 is 28.4 Å². The van der Waals surface area contributed by atoms with Gasteiger partial charge in [0.1, 0.15) is 29.9 Å². The molecule has 0 bridgehead atoms. The zero-order valence-corrected chi connectivity index (χ0v) is 25.3. The van der Waals surface area contributed by atoms with E-state index in [4.69, 9.17) is 43.2 Å². The number of imidazole rings is 2. The third-order valence-corrected chi connectivity index (χ3v) is 10.1. The number of hydrogen-bond acceptors (Lipinski definition) is 14. The van der Waals surface area contributed by atoms with Gasteiger partial charge >= 0.3 is 0 Å². The minimum Gasteiger partial charge on any atom is -0.777 e. The fourth-order valence-electron chi connectivity index (χ4n) is 4.95. The molecule has 2 fully saturated rings. The van der Waals surface area contributed by atoms with Crippen LogP contribution in [0.5, 0.6) is 0 Å². The summed E-state index contributed by atoms with van der Waals surface area (Å²) < 4.78 is 37.9. The van der Waals surface area contributed by atoms with Crippen LogP contribution in [0.15, 0.2) is 12.7 Å². The summed E-state index contributed by atoms with van der Waals surface area (Å²) in [6, 6.07) is 0. The number of aromatic nitrogens is 8. The number of nitrogens with zero attached hydrogens (tertiary/aromatic N) is 8. The van der Waals surface area contributed by atoms with Gasteiger partial charge in [-0.2, -0.15) is 19.9 Å². The molecule has 7 N–H and O–H groups in total. The van der Waals surface area contributed by atoms with Crippen LogP contribution in [0.25, 0.3) is 22.3 Å². The summed E-state index contributed by atoms with van der Waals surface area (Å²) in [6.07, 6.45) is 5.25. The van der Waals surface area contributed by atoms with Crippen LogP contribution >= 0.6 is 26.3 Å². The van der Waals surface area contributed by atoms with Crippen LogP contribution in [0, 0.1) is 0 Å². The molecule has 5 atom stereocenters. The lowest BCUT2D eigenvalue weighted by Gasteiger charge is -2.23. The van der Waals surface area contributed by atoms with Gasteiger partial charge in [-0.15, -0.1) is 0 Å². The van der Waals surface area contributed by atoms with Crippen molar-refractivity contribution in [1.82, 2.24) is 39.0 Å². The number of anilines is 3. The lowest BCUT2D eigenvalue weighted by atomic mass is 10.2. The van der Waals surface area contributed by atoms with Crippen LogP contribution in [-0.2, 0) is 31.7 Å². The lowest BCUT2D eigenvalue weighted by Crippen LogP contribution is -2.20. The van der Waals surface area contributed by atoms with Gasteiger partial charge in [0.15, 0.2) is 29.9 Å². The average Bonchev–Trinajstić information content (AvgIpc) is 3.67. The second-order valence-electron chi connectivity index (χ2n) is 10.6. The number of fused-ring (bicyclic) bond motifs is 2. The Morgan fingerprint density at radius 3 is 1.90 bits per heavy atom. The third-order valence-electron chi connectivity index (χ3n) is 6.98. The molecular formula is C22H31ClN11O6P2-. The first kappa shape index (κ1) is 30.5. The van der Waals surface area contributed by atoms with Crippen molar-refractivity contribution in [3.8, 4) is 0 Å². The second-order valence-corrected chi connectivity index (χ2v) is 16.1. The molecule has 228 valence electrons. The Kier molecular flexibility index (Phi) is 8.47. The van der Waals surface area contributed by atoms with Crippen molar-refractivity contribution in [3.05, 3.63) is 17.8 Å². The first-order valence-corrected chi connectivity index (χ1v) is 17.6. The summed E-state index contributed by atoms with van der Waals surface area (Å²) >= 11 is 6.00. The molecule has 2 aliphatic rings. The lowest BCUT2D eigenvalue weighted by molar-refractivity contribution is -0.204.